The molecule has 0 aliphatic carbocycles. The van der Waals surface area contributed by atoms with E-state index in [2.05, 4.69) is 25.7 Å². The SMILES string of the molecule is Cc1ccc(Nc2ncc(F)c(Nc3ccc(OCC#N)c(-c4ccn(CC#N)n4)c3)n2)cc1S(N)(=O)=O. The molecule has 0 atom stereocenters. The van der Waals surface area contributed by atoms with Gasteiger partial charge in [-0.1, -0.05) is 6.07 Å². The number of hydrogen-bond donors (Lipinski definition) is 3. The van der Waals surface area contributed by atoms with Crippen molar-refractivity contribution in [1.29, 1.82) is 10.5 Å². The first kappa shape index (κ1) is 26.0. The predicted octanol–water partition coefficient (Wildman–Crippen LogP) is 3.35. The lowest BCUT2D eigenvalue weighted by Gasteiger charge is -2.13. The molecule has 0 amide bonds. The van der Waals surface area contributed by atoms with Crippen molar-refractivity contribution < 1.29 is 17.5 Å². The fourth-order valence-electron chi connectivity index (χ4n) is 3.47. The second kappa shape index (κ2) is 10.9. The molecule has 0 aliphatic heterocycles. The van der Waals surface area contributed by atoms with Gasteiger partial charge in [0.2, 0.25) is 16.0 Å². The van der Waals surface area contributed by atoms with Gasteiger partial charge in [-0.25, -0.2) is 22.9 Å². The normalized spacial score (nSPS) is 10.9. The van der Waals surface area contributed by atoms with Crippen LogP contribution < -0.4 is 20.5 Å². The van der Waals surface area contributed by atoms with Crippen LogP contribution in [0.25, 0.3) is 11.3 Å². The number of ether oxygens (including phenoxy) is 1. The summed E-state index contributed by atoms with van der Waals surface area (Å²) in [7, 11) is -3.95. The Morgan fingerprint density at radius 1 is 1.11 bits per heavy atom. The van der Waals surface area contributed by atoms with Crippen molar-refractivity contribution in [3.05, 3.63) is 66.2 Å². The topological polar surface area (TPSA) is 185 Å². The molecule has 4 aromatic rings. The average molecular weight is 534 g/mol. The summed E-state index contributed by atoms with van der Waals surface area (Å²) in [6, 6.07) is 14.9. The van der Waals surface area contributed by atoms with Crippen LogP contribution in [-0.4, -0.2) is 34.8 Å². The first-order valence-electron chi connectivity index (χ1n) is 10.9. The van der Waals surface area contributed by atoms with Crippen LogP contribution >= 0.6 is 0 Å². The molecule has 4 rings (SSSR count). The molecule has 2 aromatic carbocycles. The van der Waals surface area contributed by atoms with Gasteiger partial charge in [-0.3, -0.25) is 4.68 Å². The van der Waals surface area contributed by atoms with Crippen molar-refractivity contribution in [2.45, 2.75) is 18.4 Å². The molecule has 12 nitrogen and oxygen atoms in total. The van der Waals surface area contributed by atoms with Gasteiger partial charge < -0.3 is 15.4 Å². The molecule has 0 radical (unpaired) electrons. The lowest BCUT2D eigenvalue weighted by atomic mass is 10.1. The molecular weight excluding hydrogens is 513 g/mol. The number of nitrogens with two attached hydrogens (primary N) is 1. The molecule has 2 aromatic heterocycles. The van der Waals surface area contributed by atoms with E-state index in [1.807, 2.05) is 12.1 Å². The summed E-state index contributed by atoms with van der Waals surface area (Å²) < 4.78 is 45.2. The van der Waals surface area contributed by atoms with Crippen LogP contribution in [0.4, 0.5) is 27.5 Å². The Labute approximate surface area is 217 Å². The summed E-state index contributed by atoms with van der Waals surface area (Å²) in [5, 5.41) is 33.1. The monoisotopic (exact) mass is 533 g/mol. The van der Waals surface area contributed by atoms with Gasteiger partial charge >= 0.3 is 0 Å². The lowest BCUT2D eigenvalue weighted by molar-refractivity contribution is 0.369. The second-order valence-electron chi connectivity index (χ2n) is 7.88. The lowest BCUT2D eigenvalue weighted by Crippen LogP contribution is -2.14. The minimum absolute atomic E-state index is 0.00238. The third-order valence-electron chi connectivity index (χ3n) is 5.18. The van der Waals surface area contributed by atoms with Gasteiger partial charge in [0.05, 0.1) is 22.9 Å². The Morgan fingerprint density at radius 2 is 1.87 bits per heavy atom. The maximum Gasteiger partial charge on any atom is 0.238 e. The molecule has 38 heavy (non-hydrogen) atoms. The summed E-state index contributed by atoms with van der Waals surface area (Å²) in [4.78, 5) is 8.01. The fourth-order valence-corrected chi connectivity index (χ4v) is 4.28. The quantitative estimate of drug-likeness (QED) is 0.288. The van der Waals surface area contributed by atoms with Gasteiger partial charge in [0.1, 0.15) is 18.4 Å². The molecule has 14 heteroatoms. The zero-order chi connectivity index (χ0) is 27.3. The summed E-state index contributed by atoms with van der Waals surface area (Å²) in [6.07, 6.45) is 2.59. The highest BCUT2D eigenvalue weighted by molar-refractivity contribution is 7.89. The fraction of sp³-hybridized carbons (Fsp3) is 0.125. The number of hydrogen-bond acceptors (Lipinski definition) is 10. The van der Waals surface area contributed by atoms with Crippen molar-refractivity contribution >= 4 is 33.2 Å². The highest BCUT2D eigenvalue weighted by Crippen LogP contribution is 2.33. The Kier molecular flexibility index (Phi) is 7.48. The van der Waals surface area contributed by atoms with Gasteiger partial charge in [0.15, 0.2) is 18.2 Å². The highest BCUT2D eigenvalue weighted by atomic mass is 32.2. The standard InChI is InChI=1S/C24H20FN9O3S/c1-15-2-3-17(13-22(15)38(28,35)36)31-24-29-14-19(25)23(32-24)30-16-4-5-21(37-11-8-27)18(12-16)20-6-9-34(33-20)10-7-26/h2-6,9,12-14H,10-11H2,1H3,(H2,28,35,36)(H2,29,30,31,32). The first-order chi connectivity index (χ1) is 18.2. The molecule has 2 heterocycles. The average Bonchev–Trinajstić information content (AvgIpc) is 3.34. The Morgan fingerprint density at radius 3 is 2.61 bits per heavy atom. The van der Waals surface area contributed by atoms with E-state index in [0.717, 1.165) is 6.20 Å². The Hall–Kier alpha value is -5.05. The zero-order valence-corrected chi connectivity index (χ0v) is 20.7. The first-order valence-corrected chi connectivity index (χ1v) is 12.5. The Bertz CT molecular complexity index is 1690. The molecule has 0 saturated carbocycles. The van der Waals surface area contributed by atoms with Crippen LogP contribution in [0.1, 0.15) is 5.56 Å². The van der Waals surface area contributed by atoms with Crippen molar-refractivity contribution in [1.82, 2.24) is 19.7 Å². The summed E-state index contributed by atoms with van der Waals surface area (Å²) in [5.41, 5.74) is 2.22. The largest absolute Gasteiger partial charge is 0.478 e. The smallest absolute Gasteiger partial charge is 0.238 e. The number of aromatic nitrogens is 4. The number of anilines is 4. The number of aryl methyl sites for hydroxylation is 1. The van der Waals surface area contributed by atoms with E-state index >= 15 is 0 Å². The number of primary sulfonamides is 1. The molecule has 0 fully saturated rings. The van der Waals surface area contributed by atoms with Crippen LogP contribution in [0.15, 0.2) is 59.8 Å². The molecule has 4 N–H and O–H groups in total. The summed E-state index contributed by atoms with van der Waals surface area (Å²) in [5.74, 6) is -0.528. The molecule has 0 spiro atoms. The van der Waals surface area contributed by atoms with E-state index in [9.17, 15) is 12.8 Å². The van der Waals surface area contributed by atoms with Crippen molar-refractivity contribution in [2.75, 3.05) is 17.2 Å². The van der Waals surface area contributed by atoms with Crippen LogP contribution in [-0.2, 0) is 16.6 Å². The van der Waals surface area contributed by atoms with Gasteiger partial charge in [0, 0.05) is 23.1 Å². The van der Waals surface area contributed by atoms with Crippen molar-refractivity contribution in [3.8, 4) is 29.1 Å². The molecule has 0 aliphatic rings. The van der Waals surface area contributed by atoms with E-state index in [0.29, 0.717) is 33.9 Å². The molecule has 0 unspecified atom stereocenters. The number of rotatable bonds is 9. The molecule has 0 saturated heterocycles. The third-order valence-corrected chi connectivity index (χ3v) is 6.23. The molecule has 192 valence electrons. The van der Waals surface area contributed by atoms with Crippen molar-refractivity contribution in [3.63, 3.8) is 0 Å². The van der Waals surface area contributed by atoms with E-state index in [1.165, 1.54) is 10.7 Å². The minimum atomic E-state index is -3.95. The summed E-state index contributed by atoms with van der Waals surface area (Å²) >= 11 is 0. The van der Waals surface area contributed by atoms with Crippen LogP contribution in [0, 0.1) is 35.4 Å². The van der Waals surface area contributed by atoms with Crippen molar-refractivity contribution in [2.24, 2.45) is 5.14 Å². The van der Waals surface area contributed by atoms with Gasteiger partial charge in [-0.05, 0) is 48.9 Å². The molecular formula is C24H20FN9O3S. The number of benzene rings is 2. The predicted molar refractivity (Wildman–Crippen MR) is 135 cm³/mol. The van der Waals surface area contributed by atoms with Crippen LogP contribution in [0.5, 0.6) is 5.75 Å². The second-order valence-corrected chi connectivity index (χ2v) is 9.41. The molecule has 0 bridgehead atoms. The van der Waals surface area contributed by atoms with Crippen LogP contribution in [0.2, 0.25) is 0 Å². The van der Waals surface area contributed by atoms with E-state index < -0.39 is 15.8 Å². The highest BCUT2D eigenvalue weighted by Gasteiger charge is 2.15. The number of sulfonamides is 1. The van der Waals surface area contributed by atoms with E-state index in [-0.39, 0.29) is 29.8 Å². The van der Waals surface area contributed by atoms with Gasteiger partial charge in [-0.15, -0.1) is 0 Å². The zero-order valence-electron chi connectivity index (χ0n) is 19.9. The van der Waals surface area contributed by atoms with E-state index in [4.69, 9.17) is 20.4 Å². The van der Waals surface area contributed by atoms with Gasteiger partial charge in [-0.2, -0.15) is 20.6 Å². The minimum Gasteiger partial charge on any atom is -0.478 e. The van der Waals surface area contributed by atoms with E-state index in [1.54, 1.807) is 49.5 Å². The number of halogens is 1. The summed E-state index contributed by atoms with van der Waals surface area (Å²) in [6.45, 7) is 1.47. The number of nitriles is 2. The maximum atomic E-state index is 14.6. The maximum absolute atomic E-state index is 14.6. The van der Waals surface area contributed by atoms with Gasteiger partial charge in [0.25, 0.3) is 0 Å². The third kappa shape index (κ3) is 6.01. The number of nitrogens with one attached hydrogen (secondary N) is 2. The van der Waals surface area contributed by atoms with Crippen LogP contribution in [0.3, 0.4) is 0 Å². The number of nitrogens with zero attached hydrogens (tertiary/aromatic N) is 6. The Balaban J connectivity index is 1.63.